The van der Waals surface area contributed by atoms with Crippen molar-refractivity contribution in [3.05, 3.63) is 47.5 Å². The molecule has 1 atom stereocenters. The second kappa shape index (κ2) is 10.4. The summed E-state index contributed by atoms with van der Waals surface area (Å²) in [5.74, 6) is 1.16. The summed E-state index contributed by atoms with van der Waals surface area (Å²) in [6, 6.07) is 12.2. The van der Waals surface area contributed by atoms with E-state index in [1.165, 1.54) is 0 Å². The molecule has 2 N–H and O–H groups in total. The number of likely N-dealkylation sites (tertiary alicyclic amines) is 1. The quantitative estimate of drug-likeness (QED) is 0.664. The second-order valence-corrected chi connectivity index (χ2v) is 8.05. The lowest BCUT2D eigenvalue weighted by atomic mass is 9.85. The van der Waals surface area contributed by atoms with Gasteiger partial charge in [-0.05, 0) is 55.2 Å². The maximum absolute atomic E-state index is 12.8. The minimum Gasteiger partial charge on any atom is -0.493 e. The van der Waals surface area contributed by atoms with Crippen LogP contribution in [0.2, 0.25) is 5.02 Å². The molecule has 0 unspecified atom stereocenters. The Hall–Kier alpha value is -2.93. The number of hydrogen-bond acceptors (Lipinski definition) is 4. The largest absolute Gasteiger partial charge is 0.493 e. The van der Waals surface area contributed by atoms with Gasteiger partial charge in [0.15, 0.2) is 11.5 Å². The second-order valence-electron chi connectivity index (χ2n) is 7.61. The number of halogens is 1. The van der Waals surface area contributed by atoms with E-state index in [4.69, 9.17) is 21.1 Å². The molecular weight excluding hydrogens is 418 g/mol. The summed E-state index contributed by atoms with van der Waals surface area (Å²) in [6.07, 6.45) is 1.54. The first-order valence-corrected chi connectivity index (χ1v) is 10.6. The van der Waals surface area contributed by atoms with E-state index < -0.39 is 0 Å². The van der Waals surface area contributed by atoms with E-state index in [2.05, 4.69) is 10.6 Å². The third-order valence-electron chi connectivity index (χ3n) is 5.69. The van der Waals surface area contributed by atoms with Crippen LogP contribution in [0.5, 0.6) is 11.5 Å². The van der Waals surface area contributed by atoms with Crippen LogP contribution in [0.25, 0.3) is 0 Å². The molecule has 166 valence electrons. The predicted molar refractivity (Wildman–Crippen MR) is 122 cm³/mol. The van der Waals surface area contributed by atoms with Crippen LogP contribution < -0.4 is 20.1 Å². The molecule has 3 amide bonds. The van der Waals surface area contributed by atoms with Crippen molar-refractivity contribution in [2.75, 3.05) is 37.9 Å². The van der Waals surface area contributed by atoms with Gasteiger partial charge in [0.25, 0.3) is 0 Å². The van der Waals surface area contributed by atoms with E-state index in [0.29, 0.717) is 41.0 Å². The van der Waals surface area contributed by atoms with E-state index in [1.54, 1.807) is 61.6 Å². The van der Waals surface area contributed by atoms with E-state index in [9.17, 15) is 9.59 Å². The number of amides is 3. The minimum absolute atomic E-state index is 0.0451. The summed E-state index contributed by atoms with van der Waals surface area (Å²) < 4.78 is 10.5. The first kappa shape index (κ1) is 22.7. The Morgan fingerprint density at radius 1 is 0.968 bits per heavy atom. The number of nitrogens with zero attached hydrogens (tertiary/aromatic N) is 1. The number of nitrogens with one attached hydrogen (secondary N) is 2. The van der Waals surface area contributed by atoms with Crippen LogP contribution >= 0.6 is 11.6 Å². The fraction of sp³-hybridized carbons (Fsp3) is 0.391. The molecule has 0 radical (unpaired) electrons. The highest BCUT2D eigenvalue weighted by Gasteiger charge is 2.30. The lowest BCUT2D eigenvalue weighted by Gasteiger charge is -2.34. The fourth-order valence-electron chi connectivity index (χ4n) is 3.72. The molecule has 1 heterocycles. The Bertz CT molecular complexity index is 912. The molecule has 0 saturated carbocycles. The zero-order chi connectivity index (χ0) is 22.4. The zero-order valence-corrected chi connectivity index (χ0v) is 18.7. The van der Waals surface area contributed by atoms with Crippen molar-refractivity contribution in [2.45, 2.75) is 19.8 Å². The lowest BCUT2D eigenvalue weighted by Crippen LogP contribution is -2.43. The van der Waals surface area contributed by atoms with Crippen molar-refractivity contribution < 1.29 is 19.1 Å². The average Bonchev–Trinajstić information content (AvgIpc) is 2.80. The van der Waals surface area contributed by atoms with Crippen LogP contribution in [-0.2, 0) is 4.79 Å². The fourth-order valence-corrected chi connectivity index (χ4v) is 3.85. The summed E-state index contributed by atoms with van der Waals surface area (Å²) in [5, 5.41) is 6.47. The number of carbonyl (C=O) groups is 2. The molecule has 2 aromatic carbocycles. The lowest BCUT2D eigenvalue weighted by molar-refractivity contribution is -0.121. The Labute approximate surface area is 187 Å². The summed E-state index contributed by atoms with van der Waals surface area (Å²) in [6.45, 7) is 3.15. The maximum atomic E-state index is 12.8. The van der Waals surface area contributed by atoms with Gasteiger partial charge in [-0.2, -0.15) is 0 Å². The third kappa shape index (κ3) is 5.82. The molecular formula is C23H28ClN3O4. The number of piperidine rings is 1. The molecule has 0 spiro atoms. The molecule has 0 aromatic heterocycles. The number of carbonyl (C=O) groups excluding carboxylic acids is 2. The number of anilines is 2. The van der Waals surface area contributed by atoms with Crippen molar-refractivity contribution >= 4 is 34.9 Å². The van der Waals surface area contributed by atoms with E-state index in [-0.39, 0.29) is 23.8 Å². The Morgan fingerprint density at radius 2 is 1.58 bits per heavy atom. The highest BCUT2D eigenvalue weighted by molar-refractivity contribution is 6.30. The van der Waals surface area contributed by atoms with Crippen LogP contribution in [0.1, 0.15) is 19.8 Å². The monoisotopic (exact) mass is 445 g/mol. The van der Waals surface area contributed by atoms with Gasteiger partial charge in [0.1, 0.15) is 0 Å². The molecule has 1 fully saturated rings. The first-order chi connectivity index (χ1) is 14.9. The van der Waals surface area contributed by atoms with Gasteiger partial charge in [0, 0.05) is 41.5 Å². The number of urea groups is 1. The molecule has 0 aliphatic carbocycles. The Morgan fingerprint density at radius 3 is 2.19 bits per heavy atom. The van der Waals surface area contributed by atoms with Crippen LogP contribution in [0.3, 0.4) is 0 Å². The molecule has 31 heavy (non-hydrogen) atoms. The van der Waals surface area contributed by atoms with Crippen LogP contribution in [-0.4, -0.2) is 44.1 Å². The van der Waals surface area contributed by atoms with Gasteiger partial charge in [-0.3, -0.25) is 4.79 Å². The molecule has 8 heteroatoms. The standard InChI is InChI=1S/C23H28ClN3O4/c1-15(22(28)25-19-8-9-20(30-2)21(14-19)31-3)16-10-12-27(13-11-16)23(29)26-18-6-4-17(24)5-7-18/h4-9,14-16H,10-13H2,1-3H3,(H,25,28)(H,26,29)/t15-/m0/s1. The number of hydrogen-bond donors (Lipinski definition) is 2. The van der Waals surface area contributed by atoms with E-state index in [0.717, 1.165) is 12.8 Å². The Kier molecular flexibility index (Phi) is 7.63. The topological polar surface area (TPSA) is 79.9 Å². The molecule has 7 nitrogen and oxygen atoms in total. The van der Waals surface area contributed by atoms with Gasteiger partial charge in [-0.25, -0.2) is 4.79 Å². The number of ether oxygens (including phenoxy) is 2. The minimum atomic E-state index is -0.172. The molecule has 1 aliphatic heterocycles. The molecule has 3 rings (SSSR count). The van der Waals surface area contributed by atoms with Gasteiger partial charge in [0.05, 0.1) is 14.2 Å². The summed E-state index contributed by atoms with van der Waals surface area (Å²) in [7, 11) is 3.13. The van der Waals surface area contributed by atoms with Crippen LogP contribution in [0, 0.1) is 11.8 Å². The smallest absolute Gasteiger partial charge is 0.321 e. The van der Waals surface area contributed by atoms with Gasteiger partial charge < -0.3 is 25.0 Å². The van der Waals surface area contributed by atoms with Gasteiger partial charge in [-0.15, -0.1) is 0 Å². The Balaban J connectivity index is 1.51. The van der Waals surface area contributed by atoms with E-state index in [1.807, 2.05) is 6.92 Å². The number of methoxy groups -OCH3 is 2. The summed E-state index contributed by atoms with van der Waals surface area (Å²) in [5.41, 5.74) is 1.37. The highest BCUT2D eigenvalue weighted by Crippen LogP contribution is 2.31. The SMILES string of the molecule is COc1ccc(NC(=O)[C@@H](C)C2CCN(C(=O)Nc3ccc(Cl)cc3)CC2)cc1OC. The van der Waals surface area contributed by atoms with Crippen molar-refractivity contribution in [3.8, 4) is 11.5 Å². The number of rotatable bonds is 6. The van der Waals surface area contributed by atoms with Crippen LogP contribution in [0.4, 0.5) is 16.2 Å². The van der Waals surface area contributed by atoms with Gasteiger partial charge in [0.2, 0.25) is 5.91 Å². The summed E-state index contributed by atoms with van der Waals surface area (Å²) >= 11 is 5.88. The average molecular weight is 446 g/mol. The predicted octanol–water partition coefficient (Wildman–Crippen LogP) is 4.88. The third-order valence-corrected chi connectivity index (χ3v) is 5.95. The van der Waals surface area contributed by atoms with Gasteiger partial charge in [-0.1, -0.05) is 18.5 Å². The highest BCUT2D eigenvalue weighted by atomic mass is 35.5. The molecule has 1 saturated heterocycles. The van der Waals surface area contributed by atoms with E-state index >= 15 is 0 Å². The summed E-state index contributed by atoms with van der Waals surface area (Å²) in [4.78, 5) is 27.0. The number of benzene rings is 2. The van der Waals surface area contributed by atoms with Crippen LogP contribution in [0.15, 0.2) is 42.5 Å². The zero-order valence-electron chi connectivity index (χ0n) is 18.0. The molecule has 0 bridgehead atoms. The van der Waals surface area contributed by atoms with Crippen molar-refractivity contribution in [1.82, 2.24) is 4.90 Å². The first-order valence-electron chi connectivity index (χ1n) is 10.3. The van der Waals surface area contributed by atoms with Crippen molar-refractivity contribution in [3.63, 3.8) is 0 Å². The molecule has 2 aromatic rings. The van der Waals surface area contributed by atoms with Crippen molar-refractivity contribution in [1.29, 1.82) is 0 Å². The van der Waals surface area contributed by atoms with Crippen molar-refractivity contribution in [2.24, 2.45) is 11.8 Å². The van der Waals surface area contributed by atoms with Gasteiger partial charge >= 0.3 is 6.03 Å². The maximum Gasteiger partial charge on any atom is 0.321 e. The molecule has 1 aliphatic rings. The normalized spacial score (nSPS) is 15.2.